The lowest BCUT2D eigenvalue weighted by Gasteiger charge is -2.32. The summed E-state index contributed by atoms with van der Waals surface area (Å²) in [5.41, 5.74) is 0.657. The van der Waals surface area contributed by atoms with Crippen molar-refractivity contribution in [3.8, 4) is 17.2 Å². The van der Waals surface area contributed by atoms with E-state index in [2.05, 4.69) is 21.2 Å². The summed E-state index contributed by atoms with van der Waals surface area (Å²) in [6.45, 7) is 0.865. The number of amides is 2. The van der Waals surface area contributed by atoms with Crippen LogP contribution in [0.5, 0.6) is 17.2 Å². The highest BCUT2D eigenvalue weighted by Gasteiger charge is 2.26. The fourth-order valence-corrected chi connectivity index (χ4v) is 3.51. The molecule has 27 heavy (non-hydrogen) atoms. The lowest BCUT2D eigenvalue weighted by Crippen LogP contribution is -2.46. The minimum atomic E-state index is -0.653. The van der Waals surface area contributed by atoms with Gasteiger partial charge in [-0.2, -0.15) is 0 Å². The number of carbonyl (C=O) groups excluding carboxylic acids is 2. The number of piperidine rings is 1. The van der Waals surface area contributed by atoms with Gasteiger partial charge in [-0.25, -0.2) is 0 Å². The molecule has 7 nitrogen and oxygen atoms in total. The van der Waals surface area contributed by atoms with Crippen LogP contribution in [0.2, 0.25) is 0 Å². The minimum Gasteiger partial charge on any atom is -0.504 e. The van der Waals surface area contributed by atoms with Crippen molar-refractivity contribution in [1.82, 2.24) is 10.2 Å². The van der Waals surface area contributed by atoms with Crippen molar-refractivity contribution in [2.24, 2.45) is 0 Å². The smallest absolute Gasteiger partial charge is 0.254 e. The Kier molecular flexibility index (Phi) is 5.55. The van der Waals surface area contributed by atoms with Crippen LogP contribution in [0.4, 0.5) is 0 Å². The summed E-state index contributed by atoms with van der Waals surface area (Å²) in [4.78, 5) is 26.5. The zero-order valence-electron chi connectivity index (χ0n) is 14.4. The molecule has 0 unspecified atom stereocenters. The second kappa shape index (κ2) is 7.87. The van der Waals surface area contributed by atoms with E-state index in [4.69, 9.17) is 0 Å². The first-order valence-corrected chi connectivity index (χ1v) is 9.25. The molecule has 3 rings (SSSR count). The molecule has 1 aliphatic rings. The Morgan fingerprint density at radius 2 is 1.63 bits per heavy atom. The highest BCUT2D eigenvalue weighted by atomic mass is 79.9. The molecule has 1 fully saturated rings. The number of aromatic hydroxyl groups is 3. The van der Waals surface area contributed by atoms with E-state index in [1.807, 2.05) is 6.07 Å². The summed E-state index contributed by atoms with van der Waals surface area (Å²) in [5, 5.41) is 31.5. The zero-order valence-corrected chi connectivity index (χ0v) is 15.9. The monoisotopic (exact) mass is 434 g/mol. The highest BCUT2D eigenvalue weighted by Crippen LogP contribution is 2.35. The third-order valence-corrected chi connectivity index (χ3v) is 5.24. The van der Waals surface area contributed by atoms with Gasteiger partial charge in [-0.1, -0.05) is 12.1 Å². The van der Waals surface area contributed by atoms with Crippen LogP contribution in [0.3, 0.4) is 0 Å². The Bertz CT molecular complexity index is 855. The van der Waals surface area contributed by atoms with Gasteiger partial charge in [-0.15, -0.1) is 0 Å². The Morgan fingerprint density at radius 3 is 2.22 bits per heavy atom. The molecule has 1 saturated heterocycles. The maximum Gasteiger partial charge on any atom is 0.254 e. The zero-order chi connectivity index (χ0) is 19.6. The van der Waals surface area contributed by atoms with Gasteiger partial charge in [0.1, 0.15) is 0 Å². The normalized spacial score (nSPS) is 14.8. The predicted octanol–water partition coefficient (Wildman–Crippen LogP) is 2.60. The van der Waals surface area contributed by atoms with Crippen LogP contribution < -0.4 is 5.32 Å². The van der Waals surface area contributed by atoms with E-state index in [-0.39, 0.29) is 23.4 Å². The highest BCUT2D eigenvalue weighted by molar-refractivity contribution is 9.10. The summed E-state index contributed by atoms with van der Waals surface area (Å²) < 4.78 is 0.724. The van der Waals surface area contributed by atoms with Crippen LogP contribution in [-0.2, 0) is 0 Å². The first-order valence-electron chi connectivity index (χ1n) is 8.46. The number of hydrogen-bond acceptors (Lipinski definition) is 5. The largest absolute Gasteiger partial charge is 0.504 e. The lowest BCUT2D eigenvalue weighted by atomic mass is 10.0. The SMILES string of the molecule is O=C(NC1CCN(C(=O)c2cc(O)c(O)c(O)c2)CC1)c1ccccc1Br. The molecule has 0 aromatic heterocycles. The van der Waals surface area contributed by atoms with Crippen molar-refractivity contribution in [3.63, 3.8) is 0 Å². The van der Waals surface area contributed by atoms with E-state index >= 15 is 0 Å². The molecule has 2 aromatic carbocycles. The van der Waals surface area contributed by atoms with Crippen molar-refractivity contribution in [1.29, 1.82) is 0 Å². The quantitative estimate of drug-likeness (QED) is 0.555. The second-order valence-corrected chi connectivity index (χ2v) is 7.24. The molecule has 0 atom stereocenters. The summed E-state index contributed by atoms with van der Waals surface area (Å²) in [6.07, 6.45) is 1.19. The van der Waals surface area contributed by atoms with Crippen molar-refractivity contribution < 1.29 is 24.9 Å². The van der Waals surface area contributed by atoms with E-state index in [9.17, 15) is 24.9 Å². The number of carbonyl (C=O) groups is 2. The molecular weight excluding hydrogens is 416 g/mol. The molecule has 142 valence electrons. The first kappa shape index (κ1) is 19.0. The molecule has 0 radical (unpaired) electrons. The molecule has 2 amide bonds. The van der Waals surface area contributed by atoms with Gasteiger partial charge in [0, 0.05) is 29.2 Å². The molecule has 8 heteroatoms. The average molecular weight is 435 g/mol. The van der Waals surface area contributed by atoms with E-state index in [0.29, 0.717) is 31.5 Å². The van der Waals surface area contributed by atoms with Crippen LogP contribution >= 0.6 is 15.9 Å². The number of halogens is 1. The van der Waals surface area contributed by atoms with Gasteiger partial charge in [0.25, 0.3) is 11.8 Å². The van der Waals surface area contributed by atoms with E-state index < -0.39 is 17.2 Å². The Labute approximate surface area is 164 Å². The number of nitrogens with one attached hydrogen (secondary N) is 1. The Morgan fingerprint density at radius 1 is 1.04 bits per heavy atom. The lowest BCUT2D eigenvalue weighted by molar-refractivity contribution is 0.0697. The molecule has 1 heterocycles. The number of benzene rings is 2. The van der Waals surface area contributed by atoms with Gasteiger partial charge in [0.05, 0.1) is 5.56 Å². The fourth-order valence-electron chi connectivity index (χ4n) is 3.05. The van der Waals surface area contributed by atoms with Crippen LogP contribution in [-0.4, -0.2) is 51.2 Å². The maximum absolute atomic E-state index is 12.5. The Hall–Kier alpha value is -2.74. The standard InChI is InChI=1S/C19H19BrN2O5/c20-14-4-2-1-3-13(14)18(26)21-12-5-7-22(8-6-12)19(27)11-9-15(23)17(25)16(24)10-11/h1-4,9-10,12,23-25H,5-8H2,(H,21,26). The molecular formula is C19H19BrN2O5. The third kappa shape index (κ3) is 4.16. The topological polar surface area (TPSA) is 110 Å². The van der Waals surface area contributed by atoms with Crippen LogP contribution in [0, 0.1) is 0 Å². The van der Waals surface area contributed by atoms with Gasteiger partial charge in [-0.3, -0.25) is 9.59 Å². The van der Waals surface area contributed by atoms with E-state index in [1.165, 1.54) is 0 Å². The van der Waals surface area contributed by atoms with Crippen molar-refractivity contribution >= 4 is 27.7 Å². The fraction of sp³-hybridized carbons (Fsp3) is 0.263. The minimum absolute atomic E-state index is 0.0460. The predicted molar refractivity (Wildman–Crippen MR) is 102 cm³/mol. The Balaban J connectivity index is 1.59. The molecule has 0 saturated carbocycles. The van der Waals surface area contributed by atoms with Gasteiger partial charge in [0.2, 0.25) is 0 Å². The van der Waals surface area contributed by atoms with Gasteiger partial charge in [0.15, 0.2) is 17.2 Å². The number of phenolic OH excluding ortho intramolecular Hbond substituents is 3. The molecule has 0 spiro atoms. The summed E-state index contributed by atoms with van der Waals surface area (Å²) >= 11 is 3.36. The second-order valence-electron chi connectivity index (χ2n) is 6.38. The van der Waals surface area contributed by atoms with Gasteiger partial charge < -0.3 is 25.5 Å². The maximum atomic E-state index is 12.5. The molecule has 2 aromatic rings. The third-order valence-electron chi connectivity index (χ3n) is 4.55. The number of hydrogen-bond donors (Lipinski definition) is 4. The molecule has 0 aliphatic carbocycles. The van der Waals surface area contributed by atoms with Crippen LogP contribution in [0.25, 0.3) is 0 Å². The molecule has 0 bridgehead atoms. The van der Waals surface area contributed by atoms with Crippen molar-refractivity contribution in [2.75, 3.05) is 13.1 Å². The number of nitrogens with zero attached hydrogens (tertiary/aromatic N) is 1. The van der Waals surface area contributed by atoms with E-state index in [0.717, 1.165) is 16.6 Å². The van der Waals surface area contributed by atoms with Gasteiger partial charge >= 0.3 is 0 Å². The van der Waals surface area contributed by atoms with Gasteiger partial charge in [-0.05, 0) is 53.0 Å². The van der Waals surface area contributed by atoms with Crippen LogP contribution in [0.1, 0.15) is 33.6 Å². The first-order chi connectivity index (χ1) is 12.9. The van der Waals surface area contributed by atoms with Crippen molar-refractivity contribution in [3.05, 3.63) is 52.0 Å². The van der Waals surface area contributed by atoms with E-state index in [1.54, 1.807) is 23.1 Å². The van der Waals surface area contributed by atoms with Crippen LogP contribution in [0.15, 0.2) is 40.9 Å². The average Bonchev–Trinajstić information content (AvgIpc) is 2.66. The summed E-state index contributed by atoms with van der Waals surface area (Å²) in [6, 6.07) is 9.37. The molecule has 1 aliphatic heterocycles. The number of rotatable bonds is 3. The summed E-state index contributed by atoms with van der Waals surface area (Å²) in [5.74, 6) is -2.26. The number of phenols is 3. The summed E-state index contributed by atoms with van der Waals surface area (Å²) in [7, 11) is 0. The van der Waals surface area contributed by atoms with Crippen molar-refractivity contribution in [2.45, 2.75) is 18.9 Å². The molecule has 4 N–H and O–H groups in total. The number of likely N-dealkylation sites (tertiary alicyclic amines) is 1.